The lowest BCUT2D eigenvalue weighted by atomic mass is 9.81. The first-order chi connectivity index (χ1) is 4.76. The monoisotopic (exact) mass is 138 g/mol. The molecule has 0 spiro atoms. The minimum Gasteiger partial charge on any atom is -0.390 e. The topological polar surface area (TPSA) is 20.2 Å². The van der Waals surface area contributed by atoms with E-state index in [0.29, 0.717) is 5.92 Å². The molecule has 0 aromatic carbocycles. The largest absolute Gasteiger partial charge is 0.390 e. The molecule has 0 aromatic heterocycles. The van der Waals surface area contributed by atoms with Crippen LogP contribution in [0.5, 0.6) is 0 Å². The summed E-state index contributed by atoms with van der Waals surface area (Å²) in [6.45, 7) is 0. The van der Waals surface area contributed by atoms with Crippen molar-refractivity contribution in [1.82, 2.24) is 0 Å². The summed E-state index contributed by atoms with van der Waals surface area (Å²) >= 11 is 0. The Labute approximate surface area is 61.4 Å². The zero-order valence-corrected chi connectivity index (χ0v) is 6.21. The molecular formula is C9H14O. The summed E-state index contributed by atoms with van der Waals surface area (Å²) < 4.78 is 0. The fraction of sp³-hybridized carbons (Fsp3) is 1.00. The van der Waals surface area contributed by atoms with Gasteiger partial charge in [0.25, 0.3) is 0 Å². The van der Waals surface area contributed by atoms with Gasteiger partial charge in [-0.1, -0.05) is 0 Å². The van der Waals surface area contributed by atoms with Crippen molar-refractivity contribution in [2.45, 2.75) is 37.7 Å². The molecule has 0 aliphatic heterocycles. The van der Waals surface area contributed by atoms with Gasteiger partial charge in [0, 0.05) is 0 Å². The van der Waals surface area contributed by atoms with Crippen LogP contribution in [-0.4, -0.2) is 10.7 Å². The summed E-state index contributed by atoms with van der Waals surface area (Å²) in [6, 6.07) is 0. The van der Waals surface area contributed by atoms with Gasteiger partial charge in [0.2, 0.25) is 0 Å². The summed E-state index contributed by atoms with van der Waals surface area (Å²) in [5.41, 5.74) is -0.173. The van der Waals surface area contributed by atoms with E-state index in [9.17, 15) is 5.11 Å². The number of rotatable bonds is 0. The van der Waals surface area contributed by atoms with Crippen LogP contribution in [0.1, 0.15) is 32.1 Å². The maximum atomic E-state index is 10.0. The zero-order chi connectivity index (χ0) is 6.77. The standard InChI is InChI=1S/C9H14O/c10-9-4-6-1-7(5-9)3-8(9)2-6/h6-8,10H,1-5H2. The average molecular weight is 138 g/mol. The molecule has 4 aliphatic carbocycles. The minimum absolute atomic E-state index is 0.173. The molecule has 0 saturated heterocycles. The van der Waals surface area contributed by atoms with E-state index < -0.39 is 0 Å². The zero-order valence-electron chi connectivity index (χ0n) is 6.21. The third kappa shape index (κ3) is 0.493. The highest BCUT2D eigenvalue weighted by Crippen LogP contribution is 2.60. The van der Waals surface area contributed by atoms with Crippen molar-refractivity contribution in [1.29, 1.82) is 0 Å². The van der Waals surface area contributed by atoms with Gasteiger partial charge in [-0.3, -0.25) is 0 Å². The van der Waals surface area contributed by atoms with Crippen LogP contribution in [0, 0.1) is 17.8 Å². The third-order valence-electron chi connectivity index (χ3n) is 3.95. The van der Waals surface area contributed by atoms with E-state index in [2.05, 4.69) is 0 Å². The second-order valence-electron chi connectivity index (χ2n) is 4.65. The lowest BCUT2D eigenvalue weighted by molar-refractivity contribution is 0.0103. The van der Waals surface area contributed by atoms with Crippen LogP contribution in [-0.2, 0) is 0 Å². The highest BCUT2D eigenvalue weighted by molar-refractivity contribution is 5.08. The smallest absolute Gasteiger partial charge is 0.0681 e. The first-order valence-electron chi connectivity index (χ1n) is 4.49. The summed E-state index contributed by atoms with van der Waals surface area (Å²) in [4.78, 5) is 0. The molecule has 10 heavy (non-hydrogen) atoms. The predicted octanol–water partition coefficient (Wildman–Crippen LogP) is 1.56. The van der Waals surface area contributed by atoms with Crippen LogP contribution < -0.4 is 0 Å². The lowest BCUT2D eigenvalue weighted by Gasteiger charge is -2.27. The summed E-state index contributed by atoms with van der Waals surface area (Å²) in [5, 5.41) is 10.0. The normalized spacial score (nSPS) is 63.9. The highest BCUT2D eigenvalue weighted by Gasteiger charge is 2.56. The van der Waals surface area contributed by atoms with Crippen LogP contribution in [0.2, 0.25) is 0 Å². The van der Waals surface area contributed by atoms with Crippen molar-refractivity contribution in [3.8, 4) is 0 Å². The molecule has 4 fully saturated rings. The first-order valence-corrected chi connectivity index (χ1v) is 4.49. The molecule has 4 rings (SSSR count). The molecule has 0 amide bonds. The van der Waals surface area contributed by atoms with Gasteiger partial charge >= 0.3 is 0 Å². The fourth-order valence-electron chi connectivity index (χ4n) is 3.75. The molecule has 4 saturated carbocycles. The molecule has 0 radical (unpaired) electrons. The van der Waals surface area contributed by atoms with Crippen molar-refractivity contribution in [2.24, 2.45) is 17.8 Å². The molecule has 0 heterocycles. The third-order valence-corrected chi connectivity index (χ3v) is 3.95. The Morgan fingerprint density at radius 2 is 1.60 bits per heavy atom. The minimum atomic E-state index is -0.173. The Hall–Kier alpha value is -0.0400. The van der Waals surface area contributed by atoms with Gasteiger partial charge in [-0.15, -0.1) is 0 Å². The lowest BCUT2D eigenvalue weighted by Crippen LogP contribution is -2.29. The Morgan fingerprint density at radius 3 is 2.00 bits per heavy atom. The van der Waals surface area contributed by atoms with Crippen LogP contribution in [0.4, 0.5) is 0 Å². The molecule has 4 bridgehead atoms. The fourth-order valence-corrected chi connectivity index (χ4v) is 3.75. The van der Waals surface area contributed by atoms with Gasteiger partial charge in [0.05, 0.1) is 5.60 Å². The van der Waals surface area contributed by atoms with Crippen molar-refractivity contribution in [2.75, 3.05) is 0 Å². The molecular weight excluding hydrogens is 124 g/mol. The van der Waals surface area contributed by atoms with E-state index in [-0.39, 0.29) is 5.60 Å². The van der Waals surface area contributed by atoms with Crippen molar-refractivity contribution < 1.29 is 5.11 Å². The Morgan fingerprint density at radius 1 is 1.00 bits per heavy atom. The molecule has 1 nitrogen and oxygen atoms in total. The quantitative estimate of drug-likeness (QED) is 0.538. The summed E-state index contributed by atoms with van der Waals surface area (Å²) in [5.74, 6) is 2.52. The highest BCUT2D eigenvalue weighted by atomic mass is 16.3. The molecule has 0 aromatic rings. The van der Waals surface area contributed by atoms with Gasteiger partial charge < -0.3 is 5.11 Å². The van der Waals surface area contributed by atoms with Gasteiger partial charge in [0.15, 0.2) is 0 Å². The van der Waals surface area contributed by atoms with Crippen LogP contribution >= 0.6 is 0 Å². The second kappa shape index (κ2) is 1.42. The van der Waals surface area contributed by atoms with E-state index in [4.69, 9.17) is 0 Å². The summed E-state index contributed by atoms with van der Waals surface area (Å²) in [7, 11) is 0. The van der Waals surface area contributed by atoms with E-state index in [1.807, 2.05) is 0 Å². The first kappa shape index (κ1) is 5.59. The molecule has 56 valence electrons. The number of hydrogen-bond acceptors (Lipinski definition) is 1. The summed E-state index contributed by atoms with van der Waals surface area (Å²) in [6.07, 6.45) is 6.38. The van der Waals surface area contributed by atoms with Crippen LogP contribution in [0.15, 0.2) is 0 Å². The SMILES string of the molecule is OC12CC3CC(CC1C3)C2. The number of aliphatic hydroxyl groups is 1. The Kier molecular flexibility index (Phi) is 0.797. The van der Waals surface area contributed by atoms with Crippen LogP contribution in [0.25, 0.3) is 0 Å². The Balaban J connectivity index is 2.04. The maximum Gasteiger partial charge on any atom is 0.0681 e. The van der Waals surface area contributed by atoms with Gasteiger partial charge in [-0.05, 0) is 49.9 Å². The molecule has 1 N–H and O–H groups in total. The molecule has 2 atom stereocenters. The predicted molar refractivity (Wildman–Crippen MR) is 38.5 cm³/mol. The van der Waals surface area contributed by atoms with Crippen LogP contribution in [0.3, 0.4) is 0 Å². The van der Waals surface area contributed by atoms with Gasteiger partial charge in [0.1, 0.15) is 0 Å². The van der Waals surface area contributed by atoms with E-state index in [1.54, 1.807) is 0 Å². The molecule has 2 unspecified atom stereocenters. The van der Waals surface area contributed by atoms with Gasteiger partial charge in [-0.2, -0.15) is 0 Å². The Bertz CT molecular complexity index is 162. The van der Waals surface area contributed by atoms with Crippen molar-refractivity contribution in [3.05, 3.63) is 0 Å². The molecule has 4 aliphatic rings. The van der Waals surface area contributed by atoms with Crippen molar-refractivity contribution >= 4 is 0 Å². The van der Waals surface area contributed by atoms with E-state index >= 15 is 0 Å². The second-order valence-corrected chi connectivity index (χ2v) is 4.65. The van der Waals surface area contributed by atoms with Crippen molar-refractivity contribution in [3.63, 3.8) is 0 Å². The molecule has 1 heteroatoms. The van der Waals surface area contributed by atoms with E-state index in [1.165, 1.54) is 19.3 Å². The number of hydrogen-bond donors (Lipinski definition) is 1. The van der Waals surface area contributed by atoms with Gasteiger partial charge in [-0.25, -0.2) is 0 Å². The maximum absolute atomic E-state index is 10.0. The average Bonchev–Trinajstić information content (AvgIpc) is 2.14. The van der Waals surface area contributed by atoms with E-state index in [0.717, 1.165) is 24.7 Å².